The summed E-state index contributed by atoms with van der Waals surface area (Å²) in [6.07, 6.45) is 3.87. The third-order valence-electron chi connectivity index (χ3n) is 5.49. The van der Waals surface area contributed by atoms with Crippen molar-refractivity contribution in [3.63, 3.8) is 0 Å². The van der Waals surface area contributed by atoms with Crippen LogP contribution in [0.25, 0.3) is 0 Å². The van der Waals surface area contributed by atoms with Crippen molar-refractivity contribution in [1.29, 1.82) is 0 Å². The number of halogens is 1. The molecule has 34 heavy (non-hydrogen) atoms. The lowest BCUT2D eigenvalue weighted by Gasteiger charge is -2.23. The molecule has 3 heterocycles. The third-order valence-corrected chi connectivity index (χ3v) is 5.49. The van der Waals surface area contributed by atoms with Gasteiger partial charge < -0.3 is 19.9 Å². The van der Waals surface area contributed by atoms with Crippen LogP contribution >= 0.6 is 0 Å². The number of aromatic nitrogens is 2. The number of ether oxygens (including phenoxy) is 1. The number of pyridine rings is 2. The van der Waals surface area contributed by atoms with Crippen molar-refractivity contribution in [3.8, 4) is 0 Å². The van der Waals surface area contributed by atoms with Crippen molar-refractivity contribution < 1.29 is 18.7 Å². The fourth-order valence-electron chi connectivity index (χ4n) is 3.81. The van der Waals surface area contributed by atoms with E-state index in [2.05, 4.69) is 20.2 Å². The monoisotopic (exact) mass is 463 g/mol. The molecule has 1 saturated heterocycles. The van der Waals surface area contributed by atoms with Crippen LogP contribution in [0.5, 0.6) is 0 Å². The maximum atomic E-state index is 13.6. The van der Waals surface area contributed by atoms with Gasteiger partial charge in [-0.25, -0.2) is 19.2 Å². The topological polar surface area (TPSA) is 87.7 Å². The Balaban J connectivity index is 1.44. The number of rotatable bonds is 6. The molecular formula is C25H26FN5O3. The van der Waals surface area contributed by atoms with Gasteiger partial charge in [0.2, 0.25) is 0 Å². The number of hydrogen-bond acceptors (Lipinski definition) is 7. The molecule has 1 aromatic carbocycles. The molecule has 0 radical (unpaired) electrons. The molecule has 0 spiro atoms. The van der Waals surface area contributed by atoms with Crippen molar-refractivity contribution in [3.05, 3.63) is 77.9 Å². The minimum Gasteiger partial charge on any atom is -0.462 e. The van der Waals surface area contributed by atoms with Crippen LogP contribution < -0.4 is 10.2 Å². The van der Waals surface area contributed by atoms with Crippen LogP contribution in [-0.4, -0.2) is 59.5 Å². The molecular weight excluding hydrogens is 437 g/mol. The van der Waals surface area contributed by atoms with Gasteiger partial charge >= 0.3 is 5.97 Å². The van der Waals surface area contributed by atoms with E-state index < -0.39 is 5.97 Å². The van der Waals surface area contributed by atoms with Crippen LogP contribution in [0.4, 0.5) is 21.7 Å². The number of hydrogen-bond donors (Lipinski definition) is 1. The van der Waals surface area contributed by atoms with E-state index in [1.54, 1.807) is 54.4 Å². The summed E-state index contributed by atoms with van der Waals surface area (Å²) in [6.45, 7) is 4.50. The minimum absolute atomic E-state index is 0.139. The molecule has 0 atom stereocenters. The molecule has 1 aliphatic heterocycles. The molecule has 8 nitrogen and oxygen atoms in total. The van der Waals surface area contributed by atoms with Gasteiger partial charge in [-0.3, -0.25) is 4.79 Å². The second-order valence-electron chi connectivity index (χ2n) is 7.79. The number of amides is 1. The second-order valence-corrected chi connectivity index (χ2v) is 7.79. The number of esters is 1. The van der Waals surface area contributed by atoms with E-state index in [0.29, 0.717) is 48.9 Å². The molecule has 1 amide bonds. The normalized spacial score (nSPS) is 13.8. The zero-order valence-electron chi connectivity index (χ0n) is 18.9. The Bertz CT molecular complexity index is 1160. The zero-order valence-corrected chi connectivity index (χ0v) is 18.9. The molecule has 1 N–H and O–H groups in total. The van der Waals surface area contributed by atoms with Gasteiger partial charge in [0.25, 0.3) is 5.91 Å². The number of nitrogens with one attached hydrogen (secondary N) is 1. The van der Waals surface area contributed by atoms with Crippen LogP contribution in [0.3, 0.4) is 0 Å². The second kappa shape index (κ2) is 10.7. The predicted molar refractivity (Wildman–Crippen MR) is 127 cm³/mol. The standard InChI is InChI=1S/C25H26FN5O3/c1-2-34-25(33)18-9-10-22(28-17-18)30-12-5-13-31(15-14-30)24(32)21-8-4-11-27-23(21)29-20-7-3-6-19(26)16-20/h3-4,6-11,16-17H,2,5,12-15H2,1H3,(H,27,29). The first-order chi connectivity index (χ1) is 16.5. The van der Waals surface area contributed by atoms with E-state index in [-0.39, 0.29) is 11.7 Å². The Morgan fingerprint density at radius 2 is 1.94 bits per heavy atom. The highest BCUT2D eigenvalue weighted by molar-refractivity contribution is 5.99. The molecule has 2 aromatic heterocycles. The molecule has 176 valence electrons. The van der Waals surface area contributed by atoms with Crippen LogP contribution in [-0.2, 0) is 4.74 Å². The SMILES string of the molecule is CCOC(=O)c1ccc(N2CCCN(C(=O)c3cccnc3Nc3cccc(F)c3)CC2)nc1. The van der Waals surface area contributed by atoms with E-state index in [4.69, 9.17) is 4.74 Å². The first kappa shape index (κ1) is 23.2. The summed E-state index contributed by atoms with van der Waals surface area (Å²) in [5.74, 6) is 0.228. The smallest absolute Gasteiger partial charge is 0.339 e. The number of carbonyl (C=O) groups is 2. The average molecular weight is 464 g/mol. The lowest BCUT2D eigenvalue weighted by atomic mass is 10.2. The summed E-state index contributed by atoms with van der Waals surface area (Å²) in [4.78, 5) is 37.8. The maximum Gasteiger partial charge on any atom is 0.339 e. The van der Waals surface area contributed by atoms with Crippen LogP contribution in [0.1, 0.15) is 34.1 Å². The maximum absolute atomic E-state index is 13.6. The minimum atomic E-state index is -0.395. The van der Waals surface area contributed by atoms with E-state index >= 15 is 0 Å². The Hall–Kier alpha value is -4.01. The van der Waals surface area contributed by atoms with Crippen molar-refractivity contribution in [2.75, 3.05) is 43.0 Å². The van der Waals surface area contributed by atoms with Gasteiger partial charge in [-0.1, -0.05) is 6.07 Å². The Kier molecular flexibility index (Phi) is 7.31. The van der Waals surface area contributed by atoms with Gasteiger partial charge in [0.05, 0.1) is 17.7 Å². The fourth-order valence-corrected chi connectivity index (χ4v) is 3.81. The average Bonchev–Trinajstić information content (AvgIpc) is 3.11. The molecule has 0 bridgehead atoms. The zero-order chi connectivity index (χ0) is 23.9. The molecule has 1 aliphatic rings. The quantitative estimate of drug-likeness (QED) is 0.555. The van der Waals surface area contributed by atoms with Gasteiger partial charge in [0, 0.05) is 44.3 Å². The molecule has 0 unspecified atom stereocenters. The first-order valence-corrected chi connectivity index (χ1v) is 11.2. The van der Waals surface area contributed by atoms with Crippen LogP contribution in [0.15, 0.2) is 60.9 Å². The largest absolute Gasteiger partial charge is 0.462 e. The Labute approximate surface area is 197 Å². The molecule has 0 saturated carbocycles. The molecule has 1 fully saturated rings. The molecule has 9 heteroatoms. The van der Waals surface area contributed by atoms with Gasteiger partial charge in [-0.15, -0.1) is 0 Å². The van der Waals surface area contributed by atoms with Gasteiger partial charge in [0.1, 0.15) is 17.5 Å². The summed E-state index contributed by atoms with van der Waals surface area (Å²) in [5.41, 5.74) is 1.36. The number of carbonyl (C=O) groups excluding carboxylic acids is 2. The van der Waals surface area contributed by atoms with Crippen molar-refractivity contribution in [1.82, 2.24) is 14.9 Å². The Morgan fingerprint density at radius 1 is 1.06 bits per heavy atom. The van der Waals surface area contributed by atoms with Crippen molar-refractivity contribution in [2.24, 2.45) is 0 Å². The summed E-state index contributed by atoms with van der Waals surface area (Å²) in [5, 5.41) is 3.05. The van der Waals surface area contributed by atoms with Gasteiger partial charge in [0.15, 0.2) is 0 Å². The Morgan fingerprint density at radius 3 is 2.71 bits per heavy atom. The first-order valence-electron chi connectivity index (χ1n) is 11.2. The number of nitrogens with zero attached hydrogens (tertiary/aromatic N) is 4. The van der Waals surface area contributed by atoms with Crippen LogP contribution in [0.2, 0.25) is 0 Å². The summed E-state index contributed by atoms with van der Waals surface area (Å²) in [7, 11) is 0. The summed E-state index contributed by atoms with van der Waals surface area (Å²) < 4.78 is 18.6. The predicted octanol–water partition coefficient (Wildman–Crippen LogP) is 3.89. The number of anilines is 3. The molecule has 4 rings (SSSR count). The van der Waals surface area contributed by atoms with Gasteiger partial charge in [-0.05, 0) is 55.8 Å². The third kappa shape index (κ3) is 5.48. The van der Waals surface area contributed by atoms with Crippen molar-refractivity contribution in [2.45, 2.75) is 13.3 Å². The molecule has 3 aromatic rings. The fraction of sp³-hybridized carbons (Fsp3) is 0.280. The van der Waals surface area contributed by atoms with Crippen LogP contribution in [0, 0.1) is 5.82 Å². The lowest BCUT2D eigenvalue weighted by molar-refractivity contribution is 0.0525. The highest BCUT2D eigenvalue weighted by Crippen LogP contribution is 2.22. The highest BCUT2D eigenvalue weighted by atomic mass is 19.1. The summed E-state index contributed by atoms with van der Waals surface area (Å²) in [6, 6.07) is 13.0. The van der Waals surface area contributed by atoms with Crippen molar-refractivity contribution >= 4 is 29.2 Å². The summed E-state index contributed by atoms with van der Waals surface area (Å²) >= 11 is 0. The highest BCUT2D eigenvalue weighted by Gasteiger charge is 2.23. The molecule has 0 aliphatic carbocycles. The number of benzene rings is 1. The van der Waals surface area contributed by atoms with E-state index in [1.165, 1.54) is 18.3 Å². The van der Waals surface area contributed by atoms with Gasteiger partial charge in [-0.2, -0.15) is 0 Å². The van der Waals surface area contributed by atoms with E-state index in [0.717, 1.165) is 18.8 Å². The van der Waals surface area contributed by atoms with E-state index in [9.17, 15) is 14.0 Å². The van der Waals surface area contributed by atoms with E-state index in [1.807, 2.05) is 0 Å². The lowest BCUT2D eigenvalue weighted by Crippen LogP contribution is -2.35.